The highest BCUT2D eigenvalue weighted by Crippen LogP contribution is 2.22. The minimum atomic E-state index is -0.785. The first-order chi connectivity index (χ1) is 9.93. The first-order valence-corrected chi connectivity index (χ1v) is 7.00. The van der Waals surface area contributed by atoms with Gasteiger partial charge in [0.2, 0.25) is 0 Å². The third-order valence-corrected chi connectivity index (χ3v) is 3.64. The molecule has 6 nitrogen and oxygen atoms in total. The van der Waals surface area contributed by atoms with Crippen LogP contribution in [0.4, 0.5) is 0 Å². The molecule has 1 aliphatic heterocycles. The van der Waals surface area contributed by atoms with Gasteiger partial charge in [0, 0.05) is 13.1 Å². The highest BCUT2D eigenvalue weighted by molar-refractivity contribution is 6.21. The van der Waals surface area contributed by atoms with Crippen molar-refractivity contribution in [1.82, 2.24) is 9.80 Å². The Morgan fingerprint density at radius 2 is 1.52 bits per heavy atom. The molecule has 0 fully saturated rings. The molecule has 6 heteroatoms. The van der Waals surface area contributed by atoms with Crippen LogP contribution >= 0.6 is 0 Å². The molecular weight excluding hydrogens is 272 g/mol. The Kier molecular flexibility index (Phi) is 4.72. The van der Waals surface area contributed by atoms with Crippen LogP contribution in [0.15, 0.2) is 24.3 Å². The lowest BCUT2D eigenvalue weighted by Gasteiger charge is -2.28. The normalized spacial score (nSPS) is 17.3. The van der Waals surface area contributed by atoms with Crippen molar-refractivity contribution in [2.24, 2.45) is 0 Å². The fraction of sp³-hybridized carbons (Fsp3) is 0.467. The summed E-state index contributed by atoms with van der Waals surface area (Å²) in [5, 5.41) is 19.1. The lowest BCUT2D eigenvalue weighted by molar-refractivity contribution is -0.0845. The van der Waals surface area contributed by atoms with Gasteiger partial charge >= 0.3 is 0 Å². The number of aliphatic hydroxyl groups excluding tert-OH is 2. The molecule has 0 spiro atoms. The molecule has 1 aliphatic rings. The Morgan fingerprint density at radius 1 is 1.05 bits per heavy atom. The molecule has 0 saturated heterocycles. The summed E-state index contributed by atoms with van der Waals surface area (Å²) in [6.07, 6.45) is -1.08. The summed E-state index contributed by atoms with van der Waals surface area (Å²) < 4.78 is 0. The van der Waals surface area contributed by atoms with Crippen LogP contribution in [0.25, 0.3) is 0 Å². The standard InChI is InChI=1S/C15H20N2O4/c1-10(18)16(11(2)19)8-5-9-17-14(20)12-6-3-4-7-13(12)15(17)21/h3-4,6-7,10-11,18-19H,5,8-9H2,1-2H3. The lowest BCUT2D eigenvalue weighted by atomic mass is 10.1. The van der Waals surface area contributed by atoms with Gasteiger partial charge in [0.05, 0.1) is 11.1 Å². The van der Waals surface area contributed by atoms with Gasteiger partial charge in [-0.1, -0.05) is 12.1 Å². The minimum absolute atomic E-state index is 0.266. The molecule has 1 aromatic rings. The van der Waals surface area contributed by atoms with Crippen molar-refractivity contribution in [3.8, 4) is 0 Å². The molecule has 21 heavy (non-hydrogen) atoms. The molecule has 2 unspecified atom stereocenters. The Morgan fingerprint density at radius 3 is 1.95 bits per heavy atom. The van der Waals surface area contributed by atoms with Crippen molar-refractivity contribution in [1.29, 1.82) is 0 Å². The maximum absolute atomic E-state index is 12.1. The lowest BCUT2D eigenvalue weighted by Crippen LogP contribution is -2.42. The van der Waals surface area contributed by atoms with E-state index in [2.05, 4.69) is 0 Å². The highest BCUT2D eigenvalue weighted by atomic mass is 16.3. The number of benzene rings is 1. The maximum atomic E-state index is 12.1. The van der Waals surface area contributed by atoms with Gasteiger partial charge in [0.25, 0.3) is 11.8 Å². The third kappa shape index (κ3) is 3.12. The number of fused-ring (bicyclic) bond motifs is 1. The van der Waals surface area contributed by atoms with E-state index in [1.165, 1.54) is 9.80 Å². The van der Waals surface area contributed by atoms with E-state index in [1.807, 2.05) is 0 Å². The minimum Gasteiger partial charge on any atom is -0.379 e. The van der Waals surface area contributed by atoms with E-state index in [1.54, 1.807) is 38.1 Å². The van der Waals surface area contributed by atoms with Gasteiger partial charge in [-0.05, 0) is 32.4 Å². The van der Waals surface area contributed by atoms with Gasteiger partial charge < -0.3 is 10.2 Å². The van der Waals surface area contributed by atoms with Crippen molar-refractivity contribution in [3.63, 3.8) is 0 Å². The molecule has 0 aliphatic carbocycles. The van der Waals surface area contributed by atoms with Crippen LogP contribution in [0.1, 0.15) is 41.0 Å². The van der Waals surface area contributed by atoms with Crippen molar-refractivity contribution in [2.45, 2.75) is 32.7 Å². The zero-order valence-electron chi connectivity index (χ0n) is 12.2. The average molecular weight is 292 g/mol. The van der Waals surface area contributed by atoms with E-state index in [0.29, 0.717) is 24.1 Å². The summed E-state index contributed by atoms with van der Waals surface area (Å²) in [6.45, 7) is 3.79. The number of rotatable bonds is 6. The van der Waals surface area contributed by atoms with Crippen molar-refractivity contribution in [2.75, 3.05) is 13.1 Å². The summed E-state index contributed by atoms with van der Waals surface area (Å²) in [4.78, 5) is 27.0. The van der Waals surface area contributed by atoms with E-state index in [4.69, 9.17) is 0 Å². The number of nitrogens with zero attached hydrogens (tertiary/aromatic N) is 2. The summed E-state index contributed by atoms with van der Waals surface area (Å²) in [5.74, 6) is -0.563. The van der Waals surface area contributed by atoms with Crippen LogP contribution < -0.4 is 0 Å². The van der Waals surface area contributed by atoms with Gasteiger partial charge in [0.15, 0.2) is 0 Å². The Bertz CT molecular complexity index is 499. The van der Waals surface area contributed by atoms with E-state index in [0.717, 1.165) is 0 Å². The van der Waals surface area contributed by atoms with Gasteiger partial charge in [-0.2, -0.15) is 0 Å². The predicted octanol–water partition coefficient (Wildman–Crippen LogP) is 0.651. The number of carbonyl (C=O) groups excluding carboxylic acids is 2. The highest BCUT2D eigenvalue weighted by Gasteiger charge is 2.34. The maximum Gasteiger partial charge on any atom is 0.261 e. The quantitative estimate of drug-likeness (QED) is 0.594. The van der Waals surface area contributed by atoms with Crippen molar-refractivity contribution < 1.29 is 19.8 Å². The first-order valence-electron chi connectivity index (χ1n) is 7.00. The van der Waals surface area contributed by atoms with Crippen LogP contribution in [0.5, 0.6) is 0 Å². The molecule has 114 valence electrons. The predicted molar refractivity (Wildman–Crippen MR) is 76.5 cm³/mol. The Labute approximate surface area is 123 Å². The SMILES string of the molecule is CC(O)N(CCCN1C(=O)c2ccccc2C1=O)C(C)O. The van der Waals surface area contributed by atoms with Gasteiger partial charge in [0.1, 0.15) is 12.5 Å². The van der Waals surface area contributed by atoms with Crippen LogP contribution in [-0.4, -0.2) is 57.4 Å². The van der Waals surface area contributed by atoms with E-state index in [9.17, 15) is 19.8 Å². The largest absolute Gasteiger partial charge is 0.379 e. The fourth-order valence-electron chi connectivity index (χ4n) is 2.54. The number of aliphatic hydroxyl groups is 2. The third-order valence-electron chi connectivity index (χ3n) is 3.64. The molecule has 2 rings (SSSR count). The second-order valence-electron chi connectivity index (χ2n) is 5.16. The van der Waals surface area contributed by atoms with E-state index < -0.39 is 12.5 Å². The van der Waals surface area contributed by atoms with Gasteiger partial charge in [-0.15, -0.1) is 0 Å². The molecule has 1 heterocycles. The number of amides is 2. The van der Waals surface area contributed by atoms with Crippen molar-refractivity contribution in [3.05, 3.63) is 35.4 Å². The average Bonchev–Trinajstić information content (AvgIpc) is 2.67. The molecule has 0 bridgehead atoms. The monoisotopic (exact) mass is 292 g/mol. The molecule has 0 radical (unpaired) electrons. The smallest absolute Gasteiger partial charge is 0.261 e. The van der Waals surface area contributed by atoms with Crippen molar-refractivity contribution >= 4 is 11.8 Å². The second-order valence-corrected chi connectivity index (χ2v) is 5.16. The zero-order valence-corrected chi connectivity index (χ0v) is 12.2. The molecule has 0 aromatic heterocycles. The van der Waals surface area contributed by atoms with E-state index >= 15 is 0 Å². The summed E-state index contributed by atoms with van der Waals surface area (Å²) in [7, 11) is 0. The molecular formula is C15H20N2O4. The number of hydrogen-bond acceptors (Lipinski definition) is 5. The Hall–Kier alpha value is -1.76. The fourth-order valence-corrected chi connectivity index (χ4v) is 2.54. The summed E-state index contributed by atoms with van der Waals surface area (Å²) in [5.41, 5.74) is 0.871. The second kappa shape index (κ2) is 6.34. The van der Waals surface area contributed by atoms with E-state index in [-0.39, 0.29) is 18.4 Å². The molecule has 2 amide bonds. The van der Waals surface area contributed by atoms with Crippen LogP contribution in [0, 0.1) is 0 Å². The van der Waals surface area contributed by atoms with Gasteiger partial charge in [-0.25, -0.2) is 0 Å². The van der Waals surface area contributed by atoms with Crippen LogP contribution in [-0.2, 0) is 0 Å². The topological polar surface area (TPSA) is 81.1 Å². The number of imide groups is 1. The van der Waals surface area contributed by atoms with Crippen LogP contribution in [0.2, 0.25) is 0 Å². The number of carbonyl (C=O) groups is 2. The molecule has 2 N–H and O–H groups in total. The molecule has 0 saturated carbocycles. The zero-order chi connectivity index (χ0) is 15.6. The first kappa shape index (κ1) is 15.6. The molecule has 2 atom stereocenters. The molecule has 1 aromatic carbocycles. The Balaban J connectivity index is 1.97. The van der Waals surface area contributed by atoms with Crippen LogP contribution in [0.3, 0.4) is 0 Å². The summed E-state index contributed by atoms with van der Waals surface area (Å²) >= 11 is 0. The number of hydrogen-bond donors (Lipinski definition) is 2. The summed E-state index contributed by atoms with van der Waals surface area (Å²) in [6, 6.07) is 6.76. The van der Waals surface area contributed by atoms with Gasteiger partial charge in [-0.3, -0.25) is 19.4 Å².